The number of carbonyl (C=O) groups is 1. The van der Waals surface area contributed by atoms with Gasteiger partial charge < -0.3 is 10.0 Å². The van der Waals surface area contributed by atoms with Gasteiger partial charge in [-0.3, -0.25) is 9.89 Å². The number of hydrogen-bond acceptors (Lipinski definition) is 4. The van der Waals surface area contributed by atoms with E-state index in [1.807, 2.05) is 42.5 Å². The summed E-state index contributed by atoms with van der Waals surface area (Å²) in [4.78, 5) is 18.8. The molecule has 0 saturated heterocycles. The molecule has 2 heterocycles. The predicted octanol–water partition coefficient (Wildman–Crippen LogP) is 2.16. The Labute approximate surface area is 138 Å². The molecular weight excluding hydrogens is 304 g/mol. The first-order valence-corrected chi connectivity index (χ1v) is 7.74. The second-order valence-corrected chi connectivity index (χ2v) is 5.78. The highest BCUT2D eigenvalue weighted by atomic mass is 16.3. The van der Waals surface area contributed by atoms with Crippen LogP contribution in [0.2, 0.25) is 0 Å². The summed E-state index contributed by atoms with van der Waals surface area (Å²) in [7, 11) is 0. The molecule has 0 saturated carbocycles. The second kappa shape index (κ2) is 5.90. The summed E-state index contributed by atoms with van der Waals surface area (Å²) < 4.78 is 0. The maximum Gasteiger partial charge on any atom is 0.255 e. The molecule has 2 N–H and O–H groups in total. The number of aromatic amines is 1. The quantitative estimate of drug-likeness (QED) is 0.758. The zero-order chi connectivity index (χ0) is 16.5. The number of β-amino-alcohol motifs (C(OH)–C–C–N with tert-alkyl or cyclic N) is 1. The number of H-pyrrole nitrogens is 1. The summed E-state index contributed by atoms with van der Waals surface area (Å²) in [6.45, 7) is 0.761. The molecule has 1 aliphatic rings. The predicted molar refractivity (Wildman–Crippen MR) is 88.0 cm³/mol. The van der Waals surface area contributed by atoms with Gasteiger partial charge in [-0.1, -0.05) is 42.5 Å². The lowest BCUT2D eigenvalue weighted by Crippen LogP contribution is -2.38. The molecule has 0 aliphatic carbocycles. The number of amides is 1. The molecule has 0 spiro atoms. The largest absolute Gasteiger partial charge is 0.387 e. The van der Waals surface area contributed by atoms with Crippen LogP contribution in [0.5, 0.6) is 0 Å². The first-order valence-electron chi connectivity index (χ1n) is 7.74. The van der Waals surface area contributed by atoms with Crippen molar-refractivity contribution in [2.75, 3.05) is 6.54 Å². The van der Waals surface area contributed by atoms with E-state index in [2.05, 4.69) is 15.2 Å². The molecule has 6 heteroatoms. The Hall–Kier alpha value is -2.99. The zero-order valence-corrected chi connectivity index (χ0v) is 12.9. The van der Waals surface area contributed by atoms with Crippen LogP contribution in [0.1, 0.15) is 27.6 Å². The number of carbonyl (C=O) groups excluding carboxylic acids is 1. The summed E-state index contributed by atoms with van der Waals surface area (Å²) in [6, 6.07) is 15.0. The van der Waals surface area contributed by atoms with Gasteiger partial charge in [0.2, 0.25) is 0 Å². The second-order valence-electron chi connectivity index (χ2n) is 5.78. The van der Waals surface area contributed by atoms with E-state index in [1.54, 1.807) is 11.0 Å². The molecule has 1 aliphatic heterocycles. The minimum absolute atomic E-state index is 0.129. The van der Waals surface area contributed by atoms with Crippen molar-refractivity contribution in [2.24, 2.45) is 0 Å². The van der Waals surface area contributed by atoms with Crippen LogP contribution >= 0.6 is 0 Å². The van der Waals surface area contributed by atoms with Crippen LogP contribution in [0.25, 0.3) is 11.4 Å². The van der Waals surface area contributed by atoms with Crippen LogP contribution < -0.4 is 0 Å². The van der Waals surface area contributed by atoms with Crippen LogP contribution in [0.4, 0.5) is 0 Å². The summed E-state index contributed by atoms with van der Waals surface area (Å²) in [6.07, 6.45) is 0.744. The van der Waals surface area contributed by atoms with Gasteiger partial charge >= 0.3 is 0 Å². The fraction of sp³-hybridized carbons (Fsp3) is 0.167. The lowest BCUT2D eigenvalue weighted by atomic mass is 9.96. The summed E-state index contributed by atoms with van der Waals surface area (Å²) in [5.74, 6) is 0.424. The van der Waals surface area contributed by atoms with E-state index >= 15 is 0 Å². The lowest BCUT2D eigenvalue weighted by Gasteiger charge is -2.32. The SMILES string of the molecule is O=C(c1ccccc1-c1ncn[nH]1)N1Cc2ccccc2[C@H](O)C1. The molecule has 4 rings (SSSR count). The van der Waals surface area contributed by atoms with Crippen molar-refractivity contribution in [3.63, 3.8) is 0 Å². The highest BCUT2D eigenvalue weighted by Gasteiger charge is 2.28. The van der Waals surface area contributed by atoms with Gasteiger partial charge in [-0.15, -0.1) is 0 Å². The molecule has 3 aromatic rings. The van der Waals surface area contributed by atoms with E-state index in [1.165, 1.54) is 6.33 Å². The topological polar surface area (TPSA) is 82.1 Å². The third kappa shape index (κ3) is 2.47. The van der Waals surface area contributed by atoms with Gasteiger partial charge in [0.1, 0.15) is 6.33 Å². The van der Waals surface area contributed by atoms with Gasteiger partial charge in [0, 0.05) is 12.1 Å². The number of hydrogen-bond donors (Lipinski definition) is 2. The van der Waals surface area contributed by atoms with Gasteiger partial charge in [-0.05, 0) is 17.2 Å². The Morgan fingerprint density at radius 1 is 1.17 bits per heavy atom. The highest BCUT2D eigenvalue weighted by molar-refractivity contribution is 6.00. The molecule has 0 fully saturated rings. The third-order valence-corrected chi connectivity index (χ3v) is 4.28. The van der Waals surface area contributed by atoms with Crippen molar-refractivity contribution in [3.05, 3.63) is 71.5 Å². The third-order valence-electron chi connectivity index (χ3n) is 4.28. The van der Waals surface area contributed by atoms with Crippen molar-refractivity contribution < 1.29 is 9.90 Å². The zero-order valence-electron chi connectivity index (χ0n) is 12.9. The Balaban J connectivity index is 1.69. The van der Waals surface area contributed by atoms with Gasteiger partial charge in [0.05, 0.1) is 18.2 Å². The van der Waals surface area contributed by atoms with Gasteiger partial charge in [-0.2, -0.15) is 5.10 Å². The molecule has 6 nitrogen and oxygen atoms in total. The molecule has 120 valence electrons. The minimum atomic E-state index is -0.670. The van der Waals surface area contributed by atoms with E-state index in [9.17, 15) is 9.90 Å². The van der Waals surface area contributed by atoms with E-state index in [0.29, 0.717) is 23.5 Å². The lowest BCUT2D eigenvalue weighted by molar-refractivity contribution is 0.0550. The molecule has 24 heavy (non-hydrogen) atoms. The van der Waals surface area contributed by atoms with Crippen molar-refractivity contribution in [1.29, 1.82) is 0 Å². The number of aromatic nitrogens is 3. The van der Waals surface area contributed by atoms with Crippen LogP contribution in [0.15, 0.2) is 54.9 Å². The molecule has 0 unspecified atom stereocenters. The fourth-order valence-corrected chi connectivity index (χ4v) is 3.12. The maximum absolute atomic E-state index is 13.0. The molecule has 0 bridgehead atoms. The fourth-order valence-electron chi connectivity index (χ4n) is 3.12. The normalized spacial score (nSPS) is 16.7. The number of fused-ring (bicyclic) bond motifs is 1. The highest BCUT2D eigenvalue weighted by Crippen LogP contribution is 2.29. The maximum atomic E-state index is 13.0. The molecule has 1 atom stereocenters. The Bertz CT molecular complexity index is 876. The Morgan fingerprint density at radius 2 is 1.96 bits per heavy atom. The minimum Gasteiger partial charge on any atom is -0.387 e. The summed E-state index contributed by atoms with van der Waals surface area (Å²) in [5.41, 5.74) is 3.11. The monoisotopic (exact) mass is 320 g/mol. The number of rotatable bonds is 2. The van der Waals surface area contributed by atoms with E-state index in [0.717, 1.165) is 11.1 Å². The molecule has 1 aromatic heterocycles. The van der Waals surface area contributed by atoms with Crippen molar-refractivity contribution in [1.82, 2.24) is 20.1 Å². The number of nitrogens with one attached hydrogen (secondary N) is 1. The van der Waals surface area contributed by atoms with Crippen molar-refractivity contribution in [2.45, 2.75) is 12.6 Å². The average molecular weight is 320 g/mol. The van der Waals surface area contributed by atoms with Crippen LogP contribution in [0, 0.1) is 0 Å². The molecule has 0 radical (unpaired) electrons. The van der Waals surface area contributed by atoms with Crippen LogP contribution in [-0.2, 0) is 6.54 Å². The number of aliphatic hydroxyl groups excluding tert-OH is 1. The molecule has 1 amide bonds. The van der Waals surface area contributed by atoms with Crippen molar-refractivity contribution in [3.8, 4) is 11.4 Å². The van der Waals surface area contributed by atoms with Gasteiger partial charge in [0.15, 0.2) is 5.82 Å². The number of benzene rings is 2. The first-order chi connectivity index (χ1) is 11.7. The van der Waals surface area contributed by atoms with Crippen LogP contribution in [0.3, 0.4) is 0 Å². The number of nitrogens with zero attached hydrogens (tertiary/aromatic N) is 3. The molecular formula is C18H16N4O2. The average Bonchev–Trinajstić information content (AvgIpc) is 3.15. The van der Waals surface area contributed by atoms with E-state index in [4.69, 9.17) is 0 Å². The summed E-state index contributed by atoms with van der Waals surface area (Å²) >= 11 is 0. The van der Waals surface area contributed by atoms with Crippen LogP contribution in [-0.4, -0.2) is 37.6 Å². The smallest absolute Gasteiger partial charge is 0.255 e. The van der Waals surface area contributed by atoms with Gasteiger partial charge in [-0.25, -0.2) is 4.98 Å². The van der Waals surface area contributed by atoms with E-state index < -0.39 is 6.10 Å². The molecule has 2 aromatic carbocycles. The first kappa shape index (κ1) is 14.6. The standard InChI is InChI=1S/C18H16N4O2/c23-16-10-22(9-12-5-1-2-6-13(12)16)18(24)15-8-4-3-7-14(15)17-19-11-20-21-17/h1-8,11,16,23H,9-10H2,(H,19,20,21)/t16-/m1/s1. The summed E-state index contributed by atoms with van der Waals surface area (Å²) in [5, 5.41) is 17.0. The van der Waals surface area contributed by atoms with Gasteiger partial charge in [0.25, 0.3) is 5.91 Å². The number of aliphatic hydroxyl groups is 1. The Morgan fingerprint density at radius 3 is 2.79 bits per heavy atom. The van der Waals surface area contributed by atoms with Crippen molar-refractivity contribution >= 4 is 5.91 Å². The van der Waals surface area contributed by atoms with E-state index in [-0.39, 0.29) is 12.5 Å². The Kier molecular flexibility index (Phi) is 3.59.